The lowest BCUT2D eigenvalue weighted by Gasteiger charge is -2.11. The minimum atomic E-state index is -0.171. The first kappa shape index (κ1) is 12.6. The molecule has 1 amide bonds. The fraction of sp³-hybridized carbons (Fsp3) is 0.0714. The molecule has 1 saturated heterocycles. The Bertz CT molecular complexity index is 665. The van der Waals surface area contributed by atoms with Crippen molar-refractivity contribution in [2.24, 2.45) is 0 Å². The van der Waals surface area contributed by atoms with Crippen LogP contribution in [0.5, 0.6) is 0 Å². The van der Waals surface area contributed by atoms with E-state index < -0.39 is 0 Å². The van der Waals surface area contributed by atoms with Crippen LogP contribution >= 0.6 is 12.2 Å². The number of thiocarbonyl (C=S) groups is 1. The molecule has 0 spiro atoms. The molecule has 5 nitrogen and oxygen atoms in total. The van der Waals surface area contributed by atoms with Gasteiger partial charge in [0.2, 0.25) is 0 Å². The van der Waals surface area contributed by atoms with E-state index in [1.54, 1.807) is 36.9 Å². The quantitative estimate of drug-likeness (QED) is 0.690. The van der Waals surface area contributed by atoms with E-state index in [9.17, 15) is 4.79 Å². The molecule has 100 valence electrons. The number of furan rings is 1. The van der Waals surface area contributed by atoms with Gasteiger partial charge in [0.25, 0.3) is 5.91 Å². The Morgan fingerprint density at radius 1 is 1.40 bits per heavy atom. The molecule has 0 unspecified atom stereocenters. The van der Waals surface area contributed by atoms with Crippen molar-refractivity contribution < 1.29 is 9.21 Å². The van der Waals surface area contributed by atoms with Crippen LogP contribution < -0.4 is 5.32 Å². The summed E-state index contributed by atoms with van der Waals surface area (Å²) in [5.74, 6) is 0.514. The van der Waals surface area contributed by atoms with Crippen molar-refractivity contribution in [1.29, 1.82) is 0 Å². The topological polar surface area (TPSA) is 58.4 Å². The first-order valence-corrected chi connectivity index (χ1v) is 6.42. The van der Waals surface area contributed by atoms with E-state index in [0.717, 1.165) is 5.56 Å². The number of nitrogens with zero attached hydrogens (tertiary/aromatic N) is 2. The number of hydrogen-bond acceptors (Lipinski definition) is 4. The second-order valence-corrected chi connectivity index (χ2v) is 4.63. The van der Waals surface area contributed by atoms with E-state index in [0.29, 0.717) is 23.1 Å². The fourth-order valence-electron chi connectivity index (χ4n) is 1.90. The van der Waals surface area contributed by atoms with Crippen LogP contribution in [0.3, 0.4) is 0 Å². The number of nitrogens with one attached hydrogen (secondary N) is 1. The van der Waals surface area contributed by atoms with Gasteiger partial charge in [-0.25, -0.2) is 0 Å². The molecule has 0 aliphatic carbocycles. The fourth-order valence-corrected chi connectivity index (χ4v) is 2.16. The highest BCUT2D eigenvalue weighted by Gasteiger charge is 2.31. The standard InChI is InChI=1S/C14H11N3O2S/c18-13-12(7-10-3-1-5-15-8-10)16-14(20)17(13)9-11-4-2-6-19-11/h1-8H,9H2,(H,16,20). The average molecular weight is 285 g/mol. The highest BCUT2D eigenvalue weighted by atomic mass is 32.1. The number of aromatic nitrogens is 1. The van der Waals surface area contributed by atoms with Crippen molar-refractivity contribution >= 4 is 29.3 Å². The molecule has 1 fully saturated rings. The van der Waals surface area contributed by atoms with Crippen LogP contribution in [0.2, 0.25) is 0 Å². The van der Waals surface area contributed by atoms with E-state index in [1.807, 2.05) is 12.1 Å². The van der Waals surface area contributed by atoms with Crippen molar-refractivity contribution in [3.63, 3.8) is 0 Å². The van der Waals surface area contributed by atoms with Gasteiger partial charge < -0.3 is 9.73 Å². The SMILES string of the molecule is O=C1C(=Cc2cccnc2)NC(=S)N1Cc1ccco1. The first-order valence-electron chi connectivity index (χ1n) is 6.01. The molecule has 1 aliphatic heterocycles. The van der Waals surface area contributed by atoms with Crippen LogP contribution in [0.4, 0.5) is 0 Å². The summed E-state index contributed by atoms with van der Waals surface area (Å²) in [6.45, 7) is 0.321. The Labute approximate surface area is 120 Å². The normalized spacial score (nSPS) is 16.8. The van der Waals surface area contributed by atoms with E-state index in [4.69, 9.17) is 16.6 Å². The number of hydrogen-bond donors (Lipinski definition) is 1. The lowest BCUT2D eigenvalue weighted by atomic mass is 10.2. The third-order valence-corrected chi connectivity index (χ3v) is 3.17. The molecular weight excluding hydrogens is 274 g/mol. The minimum Gasteiger partial charge on any atom is -0.467 e. The Hall–Kier alpha value is -2.47. The summed E-state index contributed by atoms with van der Waals surface area (Å²) in [6.07, 6.45) is 6.66. The molecule has 1 aliphatic rings. The second-order valence-electron chi connectivity index (χ2n) is 4.25. The van der Waals surface area contributed by atoms with Crippen LogP contribution in [-0.2, 0) is 11.3 Å². The van der Waals surface area contributed by atoms with Gasteiger partial charge in [0.1, 0.15) is 11.5 Å². The molecule has 0 atom stereocenters. The zero-order chi connectivity index (χ0) is 13.9. The molecule has 2 aromatic heterocycles. The van der Waals surface area contributed by atoms with Gasteiger partial charge in [-0.1, -0.05) is 6.07 Å². The predicted octanol–water partition coefficient (Wildman–Crippen LogP) is 1.93. The summed E-state index contributed by atoms with van der Waals surface area (Å²) >= 11 is 5.18. The van der Waals surface area contributed by atoms with Gasteiger partial charge in [-0.05, 0) is 42.1 Å². The first-order chi connectivity index (χ1) is 9.74. The van der Waals surface area contributed by atoms with Crippen molar-refractivity contribution in [1.82, 2.24) is 15.2 Å². The van der Waals surface area contributed by atoms with Gasteiger partial charge in [0.15, 0.2) is 5.11 Å². The van der Waals surface area contributed by atoms with E-state index in [2.05, 4.69) is 10.3 Å². The molecule has 0 radical (unpaired) electrons. The Balaban J connectivity index is 1.82. The molecule has 20 heavy (non-hydrogen) atoms. The summed E-state index contributed by atoms with van der Waals surface area (Å²) in [4.78, 5) is 17.8. The second kappa shape index (κ2) is 5.26. The van der Waals surface area contributed by atoms with Crippen molar-refractivity contribution in [2.45, 2.75) is 6.54 Å². The molecule has 0 bridgehead atoms. The third-order valence-electron chi connectivity index (χ3n) is 2.85. The molecular formula is C14H11N3O2S. The van der Waals surface area contributed by atoms with Gasteiger partial charge in [-0.2, -0.15) is 0 Å². The molecule has 0 saturated carbocycles. The van der Waals surface area contributed by atoms with E-state index in [-0.39, 0.29) is 5.91 Å². The van der Waals surface area contributed by atoms with Gasteiger partial charge in [-0.15, -0.1) is 0 Å². The summed E-state index contributed by atoms with van der Waals surface area (Å²) in [6, 6.07) is 7.26. The molecule has 6 heteroatoms. The Morgan fingerprint density at radius 3 is 3.00 bits per heavy atom. The zero-order valence-electron chi connectivity index (χ0n) is 10.4. The summed E-state index contributed by atoms with van der Waals surface area (Å²) in [5, 5.41) is 3.29. The van der Waals surface area contributed by atoms with Gasteiger partial charge in [-0.3, -0.25) is 14.7 Å². The van der Waals surface area contributed by atoms with Crippen molar-refractivity contribution in [3.05, 3.63) is 59.9 Å². The average Bonchev–Trinajstić information content (AvgIpc) is 3.05. The molecule has 0 aromatic carbocycles. The maximum absolute atomic E-state index is 12.3. The van der Waals surface area contributed by atoms with E-state index >= 15 is 0 Å². The molecule has 3 rings (SSSR count). The maximum atomic E-state index is 12.3. The van der Waals surface area contributed by atoms with Crippen LogP contribution in [0.25, 0.3) is 6.08 Å². The van der Waals surface area contributed by atoms with Crippen molar-refractivity contribution in [3.8, 4) is 0 Å². The maximum Gasteiger partial charge on any atom is 0.276 e. The third kappa shape index (κ3) is 2.46. The van der Waals surface area contributed by atoms with Gasteiger partial charge >= 0.3 is 0 Å². The zero-order valence-corrected chi connectivity index (χ0v) is 11.3. The number of pyridine rings is 1. The molecule has 1 N–H and O–H groups in total. The van der Waals surface area contributed by atoms with Gasteiger partial charge in [0, 0.05) is 12.4 Å². The van der Waals surface area contributed by atoms with E-state index in [1.165, 1.54) is 4.90 Å². The van der Waals surface area contributed by atoms with Gasteiger partial charge in [0.05, 0.1) is 12.8 Å². The van der Waals surface area contributed by atoms with Crippen LogP contribution in [0.1, 0.15) is 11.3 Å². The number of amides is 1. The minimum absolute atomic E-state index is 0.171. The number of rotatable bonds is 3. The van der Waals surface area contributed by atoms with Crippen LogP contribution in [-0.4, -0.2) is 20.9 Å². The number of carbonyl (C=O) groups excluding carboxylic acids is 1. The lowest BCUT2D eigenvalue weighted by Crippen LogP contribution is -2.29. The van der Waals surface area contributed by atoms with Crippen LogP contribution in [0, 0.1) is 0 Å². The Morgan fingerprint density at radius 2 is 2.30 bits per heavy atom. The van der Waals surface area contributed by atoms with Crippen molar-refractivity contribution in [2.75, 3.05) is 0 Å². The highest BCUT2D eigenvalue weighted by molar-refractivity contribution is 7.80. The molecule has 2 aromatic rings. The number of carbonyl (C=O) groups is 1. The summed E-state index contributed by atoms with van der Waals surface area (Å²) in [7, 11) is 0. The molecule has 3 heterocycles. The predicted molar refractivity (Wildman–Crippen MR) is 77.2 cm³/mol. The summed E-state index contributed by atoms with van der Waals surface area (Å²) in [5.41, 5.74) is 1.28. The Kier molecular flexibility index (Phi) is 3.30. The summed E-state index contributed by atoms with van der Waals surface area (Å²) < 4.78 is 5.23. The highest BCUT2D eigenvalue weighted by Crippen LogP contribution is 2.16. The lowest BCUT2D eigenvalue weighted by molar-refractivity contribution is -0.122. The smallest absolute Gasteiger partial charge is 0.276 e. The monoisotopic (exact) mass is 285 g/mol. The van der Waals surface area contributed by atoms with Crippen LogP contribution in [0.15, 0.2) is 53.0 Å². The largest absolute Gasteiger partial charge is 0.467 e.